The summed E-state index contributed by atoms with van der Waals surface area (Å²) in [7, 11) is 1.91. The van der Waals surface area contributed by atoms with Gasteiger partial charge >= 0.3 is 0 Å². The Kier molecular flexibility index (Phi) is 13.7. The number of hydrogen-bond acceptors (Lipinski definition) is 4. The fraction of sp³-hybridized carbons (Fsp3) is 0.0294. The summed E-state index contributed by atoms with van der Waals surface area (Å²) in [6.07, 6.45) is 0. The van der Waals surface area contributed by atoms with Crippen LogP contribution in [-0.2, 0) is 0 Å². The van der Waals surface area contributed by atoms with Gasteiger partial charge in [-0.1, -0.05) is 109 Å². The topological polar surface area (TPSA) is 13.0 Å². The molecule has 0 fully saturated rings. The van der Waals surface area contributed by atoms with Crippen molar-refractivity contribution in [3.8, 4) is 33.4 Å². The maximum absolute atomic E-state index is 14.9. The number of nitrogens with zero attached hydrogens (tertiary/aromatic N) is 4. The summed E-state index contributed by atoms with van der Waals surface area (Å²) in [5, 5.41) is 0. The summed E-state index contributed by atoms with van der Waals surface area (Å²) in [6, 6.07) is 83.6. The first-order valence-electron chi connectivity index (χ1n) is 24.9. The number of benzene rings is 11. The summed E-state index contributed by atoms with van der Waals surface area (Å²) < 4.78 is 58.2. The van der Waals surface area contributed by atoms with Crippen LogP contribution in [0.25, 0.3) is 33.4 Å². The number of aryl methyl sites for hydroxylation is 1. The molecule has 0 aliphatic carbocycles. The maximum atomic E-state index is 14.9. The van der Waals surface area contributed by atoms with Crippen LogP contribution < -0.4 is 19.6 Å². The van der Waals surface area contributed by atoms with Crippen molar-refractivity contribution >= 4 is 62.6 Å². The molecule has 11 aromatic carbocycles. The Morgan fingerprint density at radius 1 is 0.224 bits per heavy atom. The van der Waals surface area contributed by atoms with E-state index >= 15 is 0 Å². The molecule has 11 aromatic rings. The minimum atomic E-state index is -0.338. The lowest BCUT2D eigenvalue weighted by molar-refractivity contribution is 0.627. The largest absolute Gasteiger partial charge is 0.345 e. The van der Waals surface area contributed by atoms with Crippen molar-refractivity contribution in [2.75, 3.05) is 26.6 Å². The molecular formula is C68H50F4N4. The zero-order valence-corrected chi connectivity index (χ0v) is 41.7. The third-order valence-electron chi connectivity index (χ3n) is 13.5. The predicted octanol–water partition coefficient (Wildman–Crippen LogP) is 19.7. The van der Waals surface area contributed by atoms with Gasteiger partial charge in [0.2, 0.25) is 0 Å². The molecule has 11 rings (SSSR count). The van der Waals surface area contributed by atoms with Crippen molar-refractivity contribution in [3.63, 3.8) is 0 Å². The third-order valence-corrected chi connectivity index (χ3v) is 13.5. The smallest absolute Gasteiger partial charge is 0.125 e. The second kappa shape index (κ2) is 21.4. The molecule has 0 radical (unpaired) electrons. The van der Waals surface area contributed by atoms with Gasteiger partial charge in [-0.05, 0) is 204 Å². The number of rotatable bonds is 14. The number of hydrogen-bond donors (Lipinski definition) is 0. The molecule has 4 nitrogen and oxygen atoms in total. The first kappa shape index (κ1) is 48.6. The highest BCUT2D eigenvalue weighted by Crippen LogP contribution is 2.41. The van der Waals surface area contributed by atoms with E-state index in [2.05, 4.69) is 66.7 Å². The average Bonchev–Trinajstić information content (AvgIpc) is 3.45. The predicted molar refractivity (Wildman–Crippen MR) is 306 cm³/mol. The van der Waals surface area contributed by atoms with Crippen LogP contribution in [0, 0.1) is 30.2 Å². The molecule has 0 heterocycles. The van der Waals surface area contributed by atoms with Gasteiger partial charge in [-0.3, -0.25) is 0 Å². The molecular weight excluding hydrogens is 949 g/mol. The van der Waals surface area contributed by atoms with E-state index in [4.69, 9.17) is 0 Å². The van der Waals surface area contributed by atoms with E-state index in [1.54, 1.807) is 30.3 Å². The molecule has 370 valence electrons. The van der Waals surface area contributed by atoms with E-state index in [-0.39, 0.29) is 23.3 Å². The SMILES string of the molecule is Cc1cccc(N(c2ccc(-c3ccc(N(c4ccc(-c5ccc(N(c6ccc(-c7ccc(N(C)c8cccc(F)c8)cc7)cc6)c6cccc(F)c6)cc5)cc4)c4cccc(F)c4)cc3)cc2)c2cccc(F)c2)c1. The molecule has 0 aliphatic rings. The summed E-state index contributed by atoms with van der Waals surface area (Å²) in [6.45, 7) is 2.04. The van der Waals surface area contributed by atoms with Crippen molar-refractivity contribution in [1.29, 1.82) is 0 Å². The molecule has 0 N–H and O–H groups in total. The van der Waals surface area contributed by atoms with Crippen molar-refractivity contribution in [2.45, 2.75) is 6.92 Å². The Bertz CT molecular complexity index is 3720. The maximum Gasteiger partial charge on any atom is 0.125 e. The first-order valence-corrected chi connectivity index (χ1v) is 24.9. The van der Waals surface area contributed by atoms with E-state index < -0.39 is 0 Å². The van der Waals surface area contributed by atoms with Crippen LogP contribution in [0.4, 0.5) is 80.1 Å². The Labute approximate surface area is 440 Å². The van der Waals surface area contributed by atoms with Gasteiger partial charge in [0, 0.05) is 69.6 Å². The molecule has 0 aromatic heterocycles. The van der Waals surface area contributed by atoms with Crippen molar-refractivity contribution in [1.82, 2.24) is 0 Å². The third kappa shape index (κ3) is 10.6. The fourth-order valence-electron chi connectivity index (χ4n) is 9.68. The van der Waals surface area contributed by atoms with Gasteiger partial charge in [-0.2, -0.15) is 0 Å². The molecule has 0 unspecified atom stereocenters. The van der Waals surface area contributed by atoms with Gasteiger partial charge < -0.3 is 19.6 Å². The molecule has 0 saturated carbocycles. The van der Waals surface area contributed by atoms with Crippen LogP contribution >= 0.6 is 0 Å². The zero-order chi connectivity index (χ0) is 52.1. The van der Waals surface area contributed by atoms with Gasteiger partial charge in [0.1, 0.15) is 23.3 Å². The quantitative estimate of drug-likeness (QED) is 0.101. The summed E-state index contributed by atoms with van der Waals surface area (Å²) in [5.41, 5.74) is 16.2. The lowest BCUT2D eigenvalue weighted by atomic mass is 10.0. The molecule has 0 atom stereocenters. The monoisotopic (exact) mass is 998 g/mol. The Hall–Kier alpha value is -9.66. The minimum absolute atomic E-state index is 0.282. The van der Waals surface area contributed by atoms with Crippen molar-refractivity contribution in [3.05, 3.63) is 296 Å². The first-order chi connectivity index (χ1) is 37.1. The second-order valence-corrected chi connectivity index (χ2v) is 18.6. The Morgan fingerprint density at radius 2 is 0.447 bits per heavy atom. The van der Waals surface area contributed by atoms with Crippen LogP contribution in [-0.4, -0.2) is 7.05 Å². The lowest BCUT2D eigenvalue weighted by Gasteiger charge is -2.27. The van der Waals surface area contributed by atoms with Crippen LogP contribution in [0.3, 0.4) is 0 Å². The van der Waals surface area contributed by atoms with Gasteiger partial charge in [-0.25, -0.2) is 17.6 Å². The Balaban J connectivity index is 0.833. The van der Waals surface area contributed by atoms with Crippen LogP contribution in [0.5, 0.6) is 0 Å². The van der Waals surface area contributed by atoms with Gasteiger partial charge in [0.05, 0.1) is 0 Å². The molecule has 8 heteroatoms. The molecule has 76 heavy (non-hydrogen) atoms. The highest BCUT2D eigenvalue weighted by molar-refractivity contribution is 5.84. The van der Waals surface area contributed by atoms with Gasteiger partial charge in [0.25, 0.3) is 0 Å². The van der Waals surface area contributed by atoms with E-state index in [1.807, 2.05) is 161 Å². The molecule has 0 bridgehead atoms. The van der Waals surface area contributed by atoms with E-state index in [0.717, 1.165) is 90.1 Å². The average molecular weight is 999 g/mol. The summed E-state index contributed by atoms with van der Waals surface area (Å²) >= 11 is 0. The lowest BCUT2D eigenvalue weighted by Crippen LogP contribution is -2.10. The number of halogens is 4. The second-order valence-electron chi connectivity index (χ2n) is 18.6. The van der Waals surface area contributed by atoms with Crippen LogP contribution in [0.2, 0.25) is 0 Å². The molecule has 0 saturated heterocycles. The van der Waals surface area contributed by atoms with E-state index in [9.17, 15) is 17.6 Å². The fourth-order valence-corrected chi connectivity index (χ4v) is 9.68. The van der Waals surface area contributed by atoms with E-state index in [1.165, 1.54) is 42.5 Å². The van der Waals surface area contributed by atoms with Gasteiger partial charge in [0.15, 0.2) is 0 Å². The highest BCUT2D eigenvalue weighted by atomic mass is 19.1. The van der Waals surface area contributed by atoms with E-state index in [0.29, 0.717) is 11.4 Å². The van der Waals surface area contributed by atoms with Crippen LogP contribution in [0.1, 0.15) is 5.56 Å². The molecule has 0 amide bonds. The minimum Gasteiger partial charge on any atom is -0.345 e. The van der Waals surface area contributed by atoms with Crippen molar-refractivity contribution < 1.29 is 17.6 Å². The number of anilines is 11. The van der Waals surface area contributed by atoms with Crippen LogP contribution in [0.15, 0.2) is 267 Å². The van der Waals surface area contributed by atoms with Gasteiger partial charge in [-0.15, -0.1) is 0 Å². The van der Waals surface area contributed by atoms with Crippen molar-refractivity contribution in [2.24, 2.45) is 0 Å². The summed E-state index contributed by atoms with van der Waals surface area (Å²) in [4.78, 5) is 8.06. The normalized spacial score (nSPS) is 11.0. The molecule has 0 spiro atoms. The Morgan fingerprint density at radius 3 is 0.724 bits per heavy atom. The molecule has 0 aliphatic heterocycles. The zero-order valence-electron chi connectivity index (χ0n) is 41.7. The summed E-state index contributed by atoms with van der Waals surface area (Å²) in [5.74, 6) is -1.26. The standard InChI is InChI=1S/C68H50F4N4/c1-47-8-3-14-65(42-47)76(68-17-7-12-57(72)46-68)63-40-28-53(29-41-63)52-26-38-62(39-27-52)75(67-16-6-11-56(71)45-67)61-36-24-51(25-37-61)50-22-34-60(35-23-50)74(66-15-5-10-55(70)44-66)59-32-20-49(21-33-59)48-18-30-58(31-19-48)73(2)64-13-4-9-54(69)43-64/h3-46H,1-2H3. The highest BCUT2D eigenvalue weighted by Gasteiger charge is 2.18.